The minimum Gasteiger partial charge on any atom is -0.208 e. The van der Waals surface area contributed by atoms with Crippen molar-refractivity contribution in [3.8, 4) is 45.3 Å². The van der Waals surface area contributed by atoms with Crippen LogP contribution >= 0.6 is 11.3 Å². The minimum absolute atomic E-state index is 0.647. The summed E-state index contributed by atoms with van der Waals surface area (Å²) in [6, 6.07) is 62.8. The third-order valence-electron chi connectivity index (χ3n) is 10.5. The number of hydrogen-bond donors (Lipinski definition) is 0. The SMILES string of the molecule is c1ccc(-c2nc(-c3cccc(-c4cccc5c4ccc4c6ccccc6c6ccccc6c54)c3)nc(-c3ccc4sc5ccccc5c4c3)n2)cc1. The van der Waals surface area contributed by atoms with E-state index in [1.165, 1.54) is 68.8 Å². The van der Waals surface area contributed by atoms with Crippen molar-refractivity contribution >= 4 is 74.6 Å². The van der Waals surface area contributed by atoms with Gasteiger partial charge in [0.1, 0.15) is 0 Å². The average Bonchev–Trinajstić information content (AvgIpc) is 3.61. The molecule has 0 amide bonds. The molecule has 0 unspecified atom stereocenters. The Bertz CT molecular complexity index is 3200. The predicted octanol–water partition coefficient (Wildman–Crippen LogP) is 13.5. The predicted molar refractivity (Wildman–Crippen MR) is 224 cm³/mol. The van der Waals surface area contributed by atoms with Crippen LogP contribution in [0.25, 0.3) is 109 Å². The van der Waals surface area contributed by atoms with Gasteiger partial charge in [0.15, 0.2) is 17.5 Å². The quantitative estimate of drug-likeness (QED) is 0.172. The van der Waals surface area contributed by atoms with Gasteiger partial charge in [-0.2, -0.15) is 0 Å². The van der Waals surface area contributed by atoms with E-state index in [0.717, 1.165) is 22.3 Å². The number of benzene rings is 9. The molecule has 2 heterocycles. The molecule has 4 heteroatoms. The highest BCUT2D eigenvalue weighted by atomic mass is 32.1. The van der Waals surface area contributed by atoms with Crippen molar-refractivity contribution in [3.63, 3.8) is 0 Å². The number of rotatable bonds is 4. The molecule has 0 radical (unpaired) electrons. The van der Waals surface area contributed by atoms with E-state index in [2.05, 4.69) is 158 Å². The summed E-state index contributed by atoms with van der Waals surface area (Å²) < 4.78 is 2.53. The summed E-state index contributed by atoms with van der Waals surface area (Å²) in [4.78, 5) is 15.3. The Morgan fingerprint density at radius 3 is 1.55 bits per heavy atom. The molecule has 0 saturated heterocycles. The lowest BCUT2D eigenvalue weighted by Gasteiger charge is -2.15. The zero-order valence-corrected chi connectivity index (χ0v) is 29.3. The van der Waals surface area contributed by atoms with Gasteiger partial charge in [0.25, 0.3) is 0 Å². The van der Waals surface area contributed by atoms with Crippen LogP contribution in [0, 0.1) is 0 Å². The van der Waals surface area contributed by atoms with E-state index in [9.17, 15) is 0 Å². The van der Waals surface area contributed by atoms with Gasteiger partial charge in [-0.25, -0.2) is 15.0 Å². The molecule has 0 N–H and O–H groups in total. The molecule has 11 aromatic rings. The smallest absolute Gasteiger partial charge is 0.164 e. The van der Waals surface area contributed by atoms with Gasteiger partial charge >= 0.3 is 0 Å². The molecular weight excluding hydrogens is 663 g/mol. The van der Waals surface area contributed by atoms with E-state index in [4.69, 9.17) is 15.0 Å². The number of hydrogen-bond acceptors (Lipinski definition) is 4. The first-order valence-electron chi connectivity index (χ1n) is 17.9. The second-order valence-electron chi connectivity index (χ2n) is 13.5. The molecule has 0 saturated carbocycles. The highest BCUT2D eigenvalue weighted by Gasteiger charge is 2.17. The summed E-state index contributed by atoms with van der Waals surface area (Å²) in [6.45, 7) is 0. The maximum absolute atomic E-state index is 5.15. The fraction of sp³-hybridized carbons (Fsp3) is 0. The Kier molecular flexibility index (Phi) is 6.73. The minimum atomic E-state index is 0.647. The monoisotopic (exact) mass is 691 g/mol. The van der Waals surface area contributed by atoms with Crippen molar-refractivity contribution in [1.82, 2.24) is 15.0 Å². The Morgan fingerprint density at radius 2 is 0.774 bits per heavy atom. The van der Waals surface area contributed by atoms with Crippen LogP contribution in [0.3, 0.4) is 0 Å². The first-order chi connectivity index (χ1) is 26.3. The Labute approximate surface area is 309 Å². The molecule has 0 atom stereocenters. The molecule has 3 nitrogen and oxygen atoms in total. The molecule has 9 aromatic carbocycles. The van der Waals surface area contributed by atoms with E-state index in [0.29, 0.717) is 17.5 Å². The van der Waals surface area contributed by atoms with Crippen LogP contribution < -0.4 is 0 Å². The molecule has 0 spiro atoms. The molecule has 0 fully saturated rings. The molecule has 0 aliphatic carbocycles. The summed E-state index contributed by atoms with van der Waals surface area (Å²) in [6.07, 6.45) is 0. The van der Waals surface area contributed by atoms with E-state index in [-0.39, 0.29) is 0 Å². The second-order valence-corrected chi connectivity index (χ2v) is 14.6. The highest BCUT2D eigenvalue weighted by Crippen LogP contribution is 2.42. The van der Waals surface area contributed by atoms with E-state index >= 15 is 0 Å². The van der Waals surface area contributed by atoms with Gasteiger partial charge in [0.2, 0.25) is 0 Å². The summed E-state index contributed by atoms with van der Waals surface area (Å²) >= 11 is 1.81. The highest BCUT2D eigenvalue weighted by molar-refractivity contribution is 7.25. The van der Waals surface area contributed by atoms with E-state index < -0.39 is 0 Å². The molecular formula is C49H29N3S. The lowest BCUT2D eigenvalue weighted by Crippen LogP contribution is -2.00. The van der Waals surface area contributed by atoms with Crippen LogP contribution in [0.1, 0.15) is 0 Å². The summed E-state index contributed by atoms with van der Waals surface area (Å²) in [5.74, 6) is 1.96. The van der Waals surface area contributed by atoms with Gasteiger partial charge in [-0.05, 0) is 84.5 Å². The van der Waals surface area contributed by atoms with Gasteiger partial charge < -0.3 is 0 Å². The molecule has 11 rings (SSSR count). The molecule has 246 valence electrons. The maximum Gasteiger partial charge on any atom is 0.164 e. The van der Waals surface area contributed by atoms with Crippen molar-refractivity contribution in [1.29, 1.82) is 0 Å². The standard InChI is InChI=1S/C49H29N3S/c1-2-12-30(13-3-1)47-50-48(52-49(51-47)33-24-27-45-43(29-33)39-19-8-9-23-44(39)53-45)32-15-10-14-31(28-32)34-21-11-22-41-38(34)25-26-42-37-18-5-4-16-35(37)36-17-6-7-20-40(36)46(41)42/h1-29H. The number of aromatic nitrogens is 3. The largest absolute Gasteiger partial charge is 0.208 e. The van der Waals surface area contributed by atoms with Crippen molar-refractivity contribution in [3.05, 3.63) is 176 Å². The summed E-state index contributed by atoms with van der Waals surface area (Å²) in [7, 11) is 0. The summed E-state index contributed by atoms with van der Waals surface area (Å²) in [5, 5.41) is 12.6. The van der Waals surface area contributed by atoms with Gasteiger partial charge in [-0.15, -0.1) is 11.3 Å². The van der Waals surface area contributed by atoms with Gasteiger partial charge in [0.05, 0.1) is 0 Å². The molecule has 0 bridgehead atoms. The zero-order valence-electron chi connectivity index (χ0n) is 28.5. The molecule has 0 aliphatic rings. The van der Waals surface area contributed by atoms with Crippen LogP contribution in [-0.2, 0) is 0 Å². The third-order valence-corrected chi connectivity index (χ3v) is 11.7. The second kappa shape index (κ2) is 11.9. The molecule has 0 aliphatic heterocycles. The maximum atomic E-state index is 5.15. The fourth-order valence-corrected chi connectivity index (χ4v) is 9.14. The van der Waals surface area contributed by atoms with Crippen LogP contribution in [0.15, 0.2) is 176 Å². The van der Waals surface area contributed by atoms with Crippen molar-refractivity contribution in [2.24, 2.45) is 0 Å². The topological polar surface area (TPSA) is 38.7 Å². The van der Waals surface area contributed by atoms with Crippen LogP contribution in [0.4, 0.5) is 0 Å². The Hall–Kier alpha value is -6.75. The Morgan fingerprint density at radius 1 is 0.283 bits per heavy atom. The number of nitrogens with zero attached hydrogens (tertiary/aromatic N) is 3. The van der Waals surface area contributed by atoms with Crippen LogP contribution in [-0.4, -0.2) is 15.0 Å². The molecule has 53 heavy (non-hydrogen) atoms. The van der Waals surface area contributed by atoms with Crippen molar-refractivity contribution in [2.45, 2.75) is 0 Å². The van der Waals surface area contributed by atoms with Crippen LogP contribution in [0.5, 0.6) is 0 Å². The van der Waals surface area contributed by atoms with Gasteiger partial charge in [-0.3, -0.25) is 0 Å². The van der Waals surface area contributed by atoms with E-state index in [1.807, 2.05) is 29.5 Å². The first-order valence-corrected chi connectivity index (χ1v) is 18.7. The lowest BCUT2D eigenvalue weighted by atomic mass is 9.89. The van der Waals surface area contributed by atoms with Gasteiger partial charge in [0, 0.05) is 36.9 Å². The first kappa shape index (κ1) is 29.9. The average molecular weight is 692 g/mol. The lowest BCUT2D eigenvalue weighted by molar-refractivity contribution is 1.07. The van der Waals surface area contributed by atoms with Crippen molar-refractivity contribution < 1.29 is 0 Å². The van der Waals surface area contributed by atoms with E-state index in [1.54, 1.807) is 0 Å². The third kappa shape index (κ3) is 4.84. The normalized spacial score (nSPS) is 11.8. The molecule has 2 aromatic heterocycles. The summed E-state index contributed by atoms with van der Waals surface area (Å²) in [5.41, 5.74) is 5.16. The van der Waals surface area contributed by atoms with Gasteiger partial charge in [-0.1, -0.05) is 146 Å². The number of thiophene rings is 1. The van der Waals surface area contributed by atoms with Crippen LogP contribution in [0.2, 0.25) is 0 Å². The number of fused-ring (bicyclic) bond motifs is 11. The van der Waals surface area contributed by atoms with Crippen molar-refractivity contribution in [2.75, 3.05) is 0 Å². The Balaban J connectivity index is 1.10. The zero-order chi connectivity index (χ0) is 34.9. The fourth-order valence-electron chi connectivity index (χ4n) is 8.05.